The maximum atomic E-state index is 12.4. The van der Waals surface area contributed by atoms with Crippen molar-refractivity contribution >= 4 is 44.9 Å². The average Bonchev–Trinajstić information content (AvgIpc) is 3.05. The Kier molecular flexibility index (Phi) is 4.55. The molecule has 1 aromatic carbocycles. The van der Waals surface area contributed by atoms with Crippen LogP contribution in [0.25, 0.3) is 10.2 Å². The molecule has 2 heterocycles. The zero-order valence-corrected chi connectivity index (χ0v) is 13.8. The first kappa shape index (κ1) is 15.5. The summed E-state index contributed by atoms with van der Waals surface area (Å²) < 4.78 is 0. The highest BCUT2D eigenvalue weighted by Gasteiger charge is 2.18. The van der Waals surface area contributed by atoms with E-state index in [-0.39, 0.29) is 11.2 Å². The fraction of sp³-hybridized carbons (Fsp3) is 0.125. The standard InChI is InChI=1S/C16H12N4OS2/c1-10(14(21)20-13-5-3-2-4-11(13)8-17)23-16-12-6-7-22-15(12)18-9-19-16/h2-7,9-10H,1H3,(H,20,21)/t10-/m1/s1. The van der Waals surface area contributed by atoms with Crippen LogP contribution < -0.4 is 5.32 Å². The fourth-order valence-corrected chi connectivity index (χ4v) is 3.70. The van der Waals surface area contributed by atoms with E-state index in [4.69, 9.17) is 5.26 Å². The molecule has 0 radical (unpaired) electrons. The van der Waals surface area contributed by atoms with E-state index in [1.54, 1.807) is 35.6 Å². The van der Waals surface area contributed by atoms with Crippen LogP contribution in [0, 0.1) is 11.3 Å². The molecule has 3 aromatic rings. The summed E-state index contributed by atoms with van der Waals surface area (Å²) >= 11 is 2.92. The van der Waals surface area contributed by atoms with Crippen LogP contribution in [0.15, 0.2) is 47.1 Å². The van der Waals surface area contributed by atoms with Crippen LogP contribution in [0.5, 0.6) is 0 Å². The van der Waals surface area contributed by atoms with Gasteiger partial charge in [-0.25, -0.2) is 9.97 Å². The monoisotopic (exact) mass is 340 g/mol. The Morgan fingerprint density at radius 3 is 3.00 bits per heavy atom. The number of para-hydroxylation sites is 1. The second-order valence-electron chi connectivity index (χ2n) is 4.72. The number of carbonyl (C=O) groups excluding carboxylic acids is 1. The van der Waals surface area contributed by atoms with Crippen LogP contribution in [-0.4, -0.2) is 21.1 Å². The van der Waals surface area contributed by atoms with E-state index in [1.165, 1.54) is 18.1 Å². The number of aromatic nitrogens is 2. The molecular weight excluding hydrogens is 328 g/mol. The molecule has 114 valence electrons. The number of benzene rings is 1. The van der Waals surface area contributed by atoms with E-state index >= 15 is 0 Å². The number of nitriles is 1. The van der Waals surface area contributed by atoms with Gasteiger partial charge in [0.1, 0.15) is 22.3 Å². The first-order valence-corrected chi connectivity index (χ1v) is 8.60. The lowest BCUT2D eigenvalue weighted by molar-refractivity contribution is -0.115. The Bertz CT molecular complexity index is 900. The molecule has 0 fully saturated rings. The maximum absolute atomic E-state index is 12.4. The maximum Gasteiger partial charge on any atom is 0.237 e. The number of carbonyl (C=O) groups is 1. The molecule has 0 aliphatic rings. The van der Waals surface area contributed by atoms with Gasteiger partial charge in [-0.3, -0.25) is 4.79 Å². The number of thiophene rings is 1. The van der Waals surface area contributed by atoms with Crippen molar-refractivity contribution in [2.24, 2.45) is 0 Å². The van der Waals surface area contributed by atoms with Crippen LogP contribution in [0.4, 0.5) is 5.69 Å². The summed E-state index contributed by atoms with van der Waals surface area (Å²) in [6, 6.07) is 11.0. The van der Waals surface area contributed by atoms with Gasteiger partial charge in [-0.1, -0.05) is 23.9 Å². The molecule has 0 saturated heterocycles. The van der Waals surface area contributed by atoms with Crippen LogP contribution >= 0.6 is 23.1 Å². The fourth-order valence-electron chi connectivity index (χ4n) is 2.01. The smallest absolute Gasteiger partial charge is 0.237 e. The predicted octanol–water partition coefficient (Wildman–Crippen LogP) is 3.68. The summed E-state index contributed by atoms with van der Waals surface area (Å²) in [5.74, 6) is -0.167. The summed E-state index contributed by atoms with van der Waals surface area (Å²) in [6.07, 6.45) is 1.51. The van der Waals surface area contributed by atoms with Gasteiger partial charge < -0.3 is 5.32 Å². The van der Waals surface area contributed by atoms with Crippen LogP contribution in [0.3, 0.4) is 0 Å². The number of rotatable bonds is 4. The number of hydrogen-bond acceptors (Lipinski definition) is 6. The lowest BCUT2D eigenvalue weighted by Crippen LogP contribution is -2.23. The number of hydrogen-bond donors (Lipinski definition) is 1. The minimum atomic E-state index is -0.347. The van der Waals surface area contributed by atoms with Crippen LogP contribution in [0.1, 0.15) is 12.5 Å². The zero-order valence-electron chi connectivity index (χ0n) is 12.2. The van der Waals surface area contributed by atoms with Gasteiger partial charge in [-0.2, -0.15) is 5.26 Å². The van der Waals surface area contributed by atoms with Gasteiger partial charge in [-0.05, 0) is 30.5 Å². The lowest BCUT2D eigenvalue weighted by Gasteiger charge is -2.12. The number of amides is 1. The van der Waals surface area contributed by atoms with Crippen molar-refractivity contribution in [2.75, 3.05) is 5.32 Å². The van der Waals surface area contributed by atoms with Crippen molar-refractivity contribution in [3.05, 3.63) is 47.6 Å². The third kappa shape index (κ3) is 3.33. The molecule has 0 unspecified atom stereocenters. The second kappa shape index (κ2) is 6.77. The molecule has 0 saturated carbocycles. The molecule has 0 aliphatic heterocycles. The number of anilines is 1. The van der Waals surface area contributed by atoms with Crippen molar-refractivity contribution in [1.82, 2.24) is 9.97 Å². The molecular formula is C16H12N4OS2. The SMILES string of the molecule is C[C@@H](Sc1ncnc2sccc12)C(=O)Nc1ccccc1C#N. The summed E-state index contributed by atoms with van der Waals surface area (Å²) in [5, 5.41) is 15.2. The van der Waals surface area contributed by atoms with Crippen LogP contribution in [-0.2, 0) is 4.79 Å². The van der Waals surface area contributed by atoms with Gasteiger partial charge >= 0.3 is 0 Å². The van der Waals surface area contributed by atoms with E-state index < -0.39 is 0 Å². The van der Waals surface area contributed by atoms with Gasteiger partial charge in [0.2, 0.25) is 5.91 Å². The largest absolute Gasteiger partial charge is 0.324 e. The van der Waals surface area contributed by atoms with Crippen LogP contribution in [0.2, 0.25) is 0 Å². The highest BCUT2D eigenvalue weighted by molar-refractivity contribution is 8.00. The van der Waals surface area contributed by atoms with Crippen molar-refractivity contribution < 1.29 is 4.79 Å². The Morgan fingerprint density at radius 1 is 1.35 bits per heavy atom. The third-order valence-electron chi connectivity index (χ3n) is 3.19. The van der Waals surface area contributed by atoms with Crippen molar-refractivity contribution in [3.8, 4) is 6.07 Å². The molecule has 1 N–H and O–H groups in total. The summed E-state index contributed by atoms with van der Waals surface area (Å²) in [6.45, 7) is 1.81. The van der Waals surface area contributed by atoms with Crippen molar-refractivity contribution in [2.45, 2.75) is 17.2 Å². The second-order valence-corrected chi connectivity index (χ2v) is 6.95. The molecule has 2 aromatic heterocycles. The van der Waals surface area contributed by atoms with Gasteiger partial charge in [0.05, 0.1) is 16.5 Å². The number of fused-ring (bicyclic) bond motifs is 1. The van der Waals surface area contributed by atoms with E-state index in [0.717, 1.165) is 15.2 Å². The minimum absolute atomic E-state index is 0.167. The van der Waals surface area contributed by atoms with Gasteiger partial charge in [0.15, 0.2) is 0 Å². The molecule has 0 aliphatic carbocycles. The number of nitrogens with one attached hydrogen (secondary N) is 1. The molecule has 0 spiro atoms. The first-order valence-electron chi connectivity index (χ1n) is 6.84. The molecule has 23 heavy (non-hydrogen) atoms. The summed E-state index contributed by atoms with van der Waals surface area (Å²) in [7, 11) is 0. The molecule has 3 rings (SSSR count). The van der Waals surface area contributed by atoms with E-state index in [0.29, 0.717) is 11.3 Å². The molecule has 5 nitrogen and oxygen atoms in total. The van der Waals surface area contributed by atoms with Gasteiger partial charge in [0, 0.05) is 5.39 Å². The van der Waals surface area contributed by atoms with Crippen molar-refractivity contribution in [3.63, 3.8) is 0 Å². The normalized spacial score (nSPS) is 11.8. The molecule has 1 atom stereocenters. The first-order chi connectivity index (χ1) is 11.2. The lowest BCUT2D eigenvalue weighted by atomic mass is 10.2. The molecule has 7 heteroatoms. The number of thioether (sulfide) groups is 1. The topological polar surface area (TPSA) is 78.7 Å². The van der Waals surface area contributed by atoms with E-state index in [2.05, 4.69) is 21.4 Å². The van der Waals surface area contributed by atoms with Crippen molar-refractivity contribution in [1.29, 1.82) is 5.26 Å². The molecule has 0 bridgehead atoms. The van der Waals surface area contributed by atoms with E-state index in [1.807, 2.05) is 18.4 Å². The van der Waals surface area contributed by atoms with E-state index in [9.17, 15) is 4.79 Å². The quantitative estimate of drug-likeness (QED) is 0.579. The number of nitrogens with zero attached hydrogens (tertiary/aromatic N) is 3. The highest BCUT2D eigenvalue weighted by atomic mass is 32.2. The average molecular weight is 340 g/mol. The Hall–Kier alpha value is -2.43. The highest BCUT2D eigenvalue weighted by Crippen LogP contribution is 2.30. The zero-order chi connectivity index (χ0) is 16.2. The van der Waals surface area contributed by atoms with Gasteiger partial charge in [0.25, 0.3) is 0 Å². The molecule has 1 amide bonds. The third-order valence-corrected chi connectivity index (χ3v) is 5.13. The Balaban J connectivity index is 1.75. The van der Waals surface area contributed by atoms with Gasteiger partial charge in [-0.15, -0.1) is 11.3 Å². The minimum Gasteiger partial charge on any atom is -0.324 e. The predicted molar refractivity (Wildman–Crippen MR) is 92.5 cm³/mol. The summed E-state index contributed by atoms with van der Waals surface area (Å²) in [4.78, 5) is 21.8. The Labute approximate surface area is 141 Å². The summed E-state index contributed by atoms with van der Waals surface area (Å²) in [5.41, 5.74) is 0.969. The Morgan fingerprint density at radius 2 is 2.17 bits per heavy atom.